The third-order valence-corrected chi connectivity index (χ3v) is 7.34. The van der Waals surface area contributed by atoms with Crippen LogP contribution in [0.5, 0.6) is 0 Å². The topological polar surface area (TPSA) is 117 Å². The number of nitrogens with one attached hydrogen (secondary N) is 1. The van der Waals surface area contributed by atoms with E-state index in [-0.39, 0.29) is 34.5 Å². The number of hydrogen-bond acceptors (Lipinski definition) is 4. The molecule has 0 unspecified atom stereocenters. The Bertz CT molecular complexity index is 1670. The number of rotatable bonds is 6. The fourth-order valence-electron chi connectivity index (χ4n) is 5.46. The maximum atomic E-state index is 13.8. The second-order valence-electron chi connectivity index (χ2n) is 9.82. The zero-order valence-corrected chi connectivity index (χ0v) is 21.5. The van der Waals surface area contributed by atoms with Crippen molar-refractivity contribution in [1.29, 1.82) is 0 Å². The average Bonchev–Trinajstić information content (AvgIpc) is 3.33. The molecule has 0 aliphatic heterocycles. The van der Waals surface area contributed by atoms with Crippen LogP contribution in [-0.2, 0) is 19.8 Å². The number of hydrogen-bond donors (Lipinski definition) is 2. The molecule has 0 atom stereocenters. The summed E-state index contributed by atoms with van der Waals surface area (Å²) in [4.78, 5) is 37.4. The third-order valence-electron chi connectivity index (χ3n) is 7.34. The molecule has 12 heteroatoms. The molecule has 204 valence electrons. The van der Waals surface area contributed by atoms with Crippen molar-refractivity contribution in [3.8, 4) is 0 Å². The fraction of sp³-hybridized carbons (Fsp3) is 0.333. The van der Waals surface area contributed by atoms with Gasteiger partial charge in [-0.2, -0.15) is 18.3 Å². The van der Waals surface area contributed by atoms with Crippen LogP contribution in [0.3, 0.4) is 0 Å². The number of carbonyl (C=O) groups is 2. The third kappa shape index (κ3) is 4.59. The number of halogens is 3. The number of benzene rings is 2. The van der Waals surface area contributed by atoms with Gasteiger partial charge in [-0.05, 0) is 63.1 Å². The van der Waals surface area contributed by atoms with Gasteiger partial charge in [-0.15, -0.1) is 0 Å². The van der Waals surface area contributed by atoms with Gasteiger partial charge >= 0.3 is 11.9 Å². The number of primary amides is 1. The number of nitrogens with two attached hydrogens (primary N) is 1. The monoisotopic (exact) mass is 540 g/mol. The number of anilines is 1. The summed E-state index contributed by atoms with van der Waals surface area (Å²) in [6, 6.07) is 9.44. The summed E-state index contributed by atoms with van der Waals surface area (Å²) in [7, 11) is 1.59. The van der Waals surface area contributed by atoms with Crippen LogP contribution in [0.25, 0.3) is 10.9 Å². The van der Waals surface area contributed by atoms with Crippen molar-refractivity contribution < 1.29 is 22.8 Å². The van der Waals surface area contributed by atoms with E-state index in [1.165, 1.54) is 28.9 Å². The molecule has 2 aromatic carbocycles. The Morgan fingerprint density at radius 2 is 1.87 bits per heavy atom. The Kier molecular flexibility index (Phi) is 6.36. The summed E-state index contributed by atoms with van der Waals surface area (Å²) in [5, 5.41) is 7.09. The number of amides is 2. The number of aryl methyl sites for hydroxylation is 3. The summed E-state index contributed by atoms with van der Waals surface area (Å²) in [5.74, 6) is -0.835. The molecule has 2 heterocycles. The smallest absolute Gasteiger partial charge is 0.366 e. The highest BCUT2D eigenvalue weighted by Gasteiger charge is 2.38. The Morgan fingerprint density at radius 3 is 2.46 bits per heavy atom. The minimum Gasteiger partial charge on any atom is -0.366 e. The maximum Gasteiger partial charge on any atom is 0.416 e. The van der Waals surface area contributed by atoms with Gasteiger partial charge in [-0.3, -0.25) is 14.2 Å². The van der Waals surface area contributed by atoms with Gasteiger partial charge in [0.15, 0.2) is 0 Å². The second kappa shape index (κ2) is 9.44. The summed E-state index contributed by atoms with van der Waals surface area (Å²) in [5.41, 5.74) is 5.63. The molecule has 0 radical (unpaired) electrons. The van der Waals surface area contributed by atoms with E-state index < -0.39 is 23.6 Å². The first-order chi connectivity index (χ1) is 18.4. The summed E-state index contributed by atoms with van der Waals surface area (Å²) in [6.07, 6.45) is -3.42. The summed E-state index contributed by atoms with van der Waals surface area (Å²) >= 11 is 0. The lowest BCUT2D eigenvalue weighted by Gasteiger charge is -2.36. The summed E-state index contributed by atoms with van der Waals surface area (Å²) < 4.78 is 46.3. The second-order valence-corrected chi connectivity index (χ2v) is 9.82. The molecule has 3 N–H and O–H groups in total. The minimum atomic E-state index is -4.66. The van der Waals surface area contributed by atoms with Crippen LogP contribution >= 0.6 is 0 Å². The zero-order chi connectivity index (χ0) is 28.2. The van der Waals surface area contributed by atoms with Gasteiger partial charge < -0.3 is 15.6 Å². The number of fused-ring (bicyclic) bond motifs is 1. The Hall–Kier alpha value is -4.35. The Labute approximate surface area is 221 Å². The number of nitrogens with zero attached hydrogens (tertiary/aromatic N) is 4. The minimum absolute atomic E-state index is 0.00801. The van der Waals surface area contributed by atoms with Crippen molar-refractivity contribution >= 4 is 28.4 Å². The largest absolute Gasteiger partial charge is 0.416 e. The van der Waals surface area contributed by atoms with E-state index in [0.29, 0.717) is 36.1 Å². The van der Waals surface area contributed by atoms with Crippen molar-refractivity contribution in [2.24, 2.45) is 12.8 Å². The highest BCUT2D eigenvalue weighted by atomic mass is 19.4. The lowest BCUT2D eigenvalue weighted by molar-refractivity contribution is -0.137. The lowest BCUT2D eigenvalue weighted by Crippen LogP contribution is -2.34. The van der Waals surface area contributed by atoms with E-state index in [1.54, 1.807) is 24.6 Å². The van der Waals surface area contributed by atoms with E-state index >= 15 is 0 Å². The van der Waals surface area contributed by atoms with Crippen LogP contribution in [0, 0.1) is 6.92 Å². The van der Waals surface area contributed by atoms with Crippen molar-refractivity contribution in [2.75, 3.05) is 5.32 Å². The molecule has 39 heavy (non-hydrogen) atoms. The molecule has 1 aliphatic rings. The van der Waals surface area contributed by atoms with E-state index in [9.17, 15) is 27.6 Å². The molecule has 0 bridgehead atoms. The molecular weight excluding hydrogens is 513 g/mol. The average molecular weight is 541 g/mol. The van der Waals surface area contributed by atoms with E-state index in [1.807, 2.05) is 11.5 Å². The molecular formula is C27H27F3N6O3. The standard InChI is InChI=1S/C27H27F3N6O3/c1-4-35-22(16-10-20(11-16)36-14(2)33-34(3)26(36)39)12-17-8-18(27(28,29)30)13-21(23(17)35)25(38)32-19-7-5-6-15(9-19)24(31)37/h5-9,12-13,16,20H,4,10-11H2,1-3H3,(H2,31,37)(H,32,38). The zero-order valence-electron chi connectivity index (χ0n) is 21.5. The van der Waals surface area contributed by atoms with Crippen molar-refractivity contribution in [1.82, 2.24) is 18.9 Å². The van der Waals surface area contributed by atoms with Crippen LogP contribution < -0.4 is 16.7 Å². The molecule has 1 aliphatic carbocycles. The number of alkyl halides is 3. The van der Waals surface area contributed by atoms with Gasteiger partial charge in [-0.25, -0.2) is 9.48 Å². The molecule has 0 spiro atoms. The highest BCUT2D eigenvalue weighted by Crippen LogP contribution is 2.46. The Morgan fingerprint density at radius 1 is 1.15 bits per heavy atom. The summed E-state index contributed by atoms with van der Waals surface area (Å²) in [6.45, 7) is 4.06. The van der Waals surface area contributed by atoms with E-state index in [4.69, 9.17) is 5.73 Å². The highest BCUT2D eigenvalue weighted by molar-refractivity contribution is 6.13. The Balaban J connectivity index is 1.55. The molecule has 5 rings (SSSR count). The molecule has 2 aromatic heterocycles. The predicted molar refractivity (Wildman–Crippen MR) is 139 cm³/mol. The van der Waals surface area contributed by atoms with Crippen molar-refractivity contribution in [3.05, 3.63) is 81.2 Å². The van der Waals surface area contributed by atoms with Gasteiger partial charge in [0.05, 0.1) is 16.6 Å². The van der Waals surface area contributed by atoms with Crippen molar-refractivity contribution in [2.45, 2.75) is 51.4 Å². The quantitative estimate of drug-likeness (QED) is 0.378. The maximum absolute atomic E-state index is 13.8. The van der Waals surface area contributed by atoms with E-state index in [0.717, 1.165) is 17.8 Å². The first-order valence-electron chi connectivity index (χ1n) is 12.5. The van der Waals surface area contributed by atoms with Gasteiger partial charge in [-0.1, -0.05) is 6.07 Å². The SMILES string of the molecule is CCn1c(C2CC(n3c(C)nn(C)c3=O)C2)cc2cc(C(F)(F)F)cc(C(=O)Nc3cccc(C(N)=O)c3)c21. The molecule has 9 nitrogen and oxygen atoms in total. The molecule has 2 amide bonds. The number of aromatic nitrogens is 4. The van der Waals surface area contributed by atoms with Crippen LogP contribution in [0.1, 0.15) is 69.5 Å². The van der Waals surface area contributed by atoms with Crippen LogP contribution in [-0.4, -0.2) is 30.7 Å². The molecule has 1 saturated carbocycles. The van der Waals surface area contributed by atoms with Crippen LogP contribution in [0.15, 0.2) is 47.3 Å². The van der Waals surface area contributed by atoms with Gasteiger partial charge in [0, 0.05) is 47.9 Å². The van der Waals surface area contributed by atoms with Gasteiger partial charge in [0.2, 0.25) is 5.91 Å². The molecule has 4 aromatic rings. The van der Waals surface area contributed by atoms with Crippen LogP contribution in [0.2, 0.25) is 0 Å². The van der Waals surface area contributed by atoms with E-state index in [2.05, 4.69) is 10.4 Å². The van der Waals surface area contributed by atoms with Crippen LogP contribution in [0.4, 0.5) is 18.9 Å². The molecule has 1 fully saturated rings. The lowest BCUT2D eigenvalue weighted by atomic mass is 9.77. The fourth-order valence-corrected chi connectivity index (χ4v) is 5.46. The first-order valence-corrected chi connectivity index (χ1v) is 12.5. The normalized spacial score (nSPS) is 17.3. The first kappa shape index (κ1) is 26.3. The molecule has 0 saturated heterocycles. The van der Waals surface area contributed by atoms with Crippen molar-refractivity contribution in [3.63, 3.8) is 0 Å². The predicted octanol–water partition coefficient (Wildman–Crippen LogP) is 4.35. The van der Waals surface area contributed by atoms with Gasteiger partial charge in [0.1, 0.15) is 5.82 Å². The number of carbonyl (C=O) groups excluding carboxylic acids is 2. The van der Waals surface area contributed by atoms with Gasteiger partial charge in [0.25, 0.3) is 5.91 Å².